The molecule has 0 aromatic heterocycles. The molecule has 0 aliphatic rings. The van der Waals surface area contributed by atoms with Gasteiger partial charge in [0.1, 0.15) is 18.5 Å². The molecule has 0 bridgehead atoms. The standard InChI is InChI=1S/C18H19FN2O3/c1-2-12(19)10-24-13-8-6-11(7-9-13)16-14(17(20)22)4-3-5-15(16)18(21)23/h3-9,12H,2,10H2,1H3,(H2,20,22)(H2,21,23). The van der Waals surface area contributed by atoms with Crippen molar-refractivity contribution >= 4 is 11.8 Å². The molecule has 0 radical (unpaired) electrons. The normalized spacial score (nSPS) is 11.8. The number of nitrogens with two attached hydrogens (primary N) is 2. The highest BCUT2D eigenvalue weighted by Crippen LogP contribution is 2.29. The van der Waals surface area contributed by atoms with E-state index in [0.29, 0.717) is 23.3 Å². The summed E-state index contributed by atoms with van der Waals surface area (Å²) in [5.41, 5.74) is 12.2. The van der Waals surface area contributed by atoms with E-state index in [-0.39, 0.29) is 17.7 Å². The first-order valence-corrected chi connectivity index (χ1v) is 7.54. The van der Waals surface area contributed by atoms with Crippen LogP contribution in [0.25, 0.3) is 11.1 Å². The number of benzene rings is 2. The van der Waals surface area contributed by atoms with Gasteiger partial charge in [-0.05, 0) is 36.2 Å². The lowest BCUT2D eigenvalue weighted by Gasteiger charge is -2.13. The van der Waals surface area contributed by atoms with Crippen LogP contribution in [0, 0.1) is 0 Å². The van der Waals surface area contributed by atoms with Crippen molar-refractivity contribution < 1.29 is 18.7 Å². The fraction of sp³-hybridized carbons (Fsp3) is 0.222. The number of carbonyl (C=O) groups is 2. The van der Waals surface area contributed by atoms with E-state index >= 15 is 0 Å². The number of ether oxygens (including phenoxy) is 1. The predicted octanol–water partition coefficient (Wildman–Crippen LogP) is 2.68. The summed E-state index contributed by atoms with van der Waals surface area (Å²) in [5, 5.41) is 0. The Hall–Kier alpha value is -2.89. The van der Waals surface area contributed by atoms with Crippen molar-refractivity contribution in [3.8, 4) is 16.9 Å². The molecule has 1 unspecified atom stereocenters. The van der Waals surface area contributed by atoms with Gasteiger partial charge in [-0.1, -0.05) is 25.1 Å². The van der Waals surface area contributed by atoms with Crippen molar-refractivity contribution in [1.29, 1.82) is 0 Å². The lowest BCUT2D eigenvalue weighted by molar-refractivity contribution is 0.0999. The Morgan fingerprint density at radius 1 is 1.04 bits per heavy atom. The monoisotopic (exact) mass is 330 g/mol. The Balaban J connectivity index is 2.38. The van der Waals surface area contributed by atoms with E-state index in [2.05, 4.69) is 0 Å². The van der Waals surface area contributed by atoms with E-state index in [1.165, 1.54) is 12.1 Å². The molecule has 6 heteroatoms. The number of primary amides is 2. The smallest absolute Gasteiger partial charge is 0.249 e. The van der Waals surface area contributed by atoms with Gasteiger partial charge in [-0.3, -0.25) is 9.59 Å². The molecule has 0 saturated heterocycles. The van der Waals surface area contributed by atoms with Crippen LogP contribution < -0.4 is 16.2 Å². The Bertz CT molecular complexity index is 712. The quantitative estimate of drug-likeness (QED) is 0.817. The Labute approximate surface area is 139 Å². The number of hydrogen-bond donors (Lipinski definition) is 2. The maximum Gasteiger partial charge on any atom is 0.249 e. The van der Waals surface area contributed by atoms with Gasteiger partial charge in [0.05, 0.1) is 0 Å². The van der Waals surface area contributed by atoms with Gasteiger partial charge in [-0.25, -0.2) is 4.39 Å². The van der Waals surface area contributed by atoms with Crippen LogP contribution in [0.5, 0.6) is 5.75 Å². The predicted molar refractivity (Wildman–Crippen MR) is 89.6 cm³/mol. The van der Waals surface area contributed by atoms with E-state index < -0.39 is 18.0 Å². The van der Waals surface area contributed by atoms with Crippen molar-refractivity contribution in [2.75, 3.05) is 6.61 Å². The van der Waals surface area contributed by atoms with Gasteiger partial charge in [0, 0.05) is 16.7 Å². The van der Waals surface area contributed by atoms with Gasteiger partial charge in [-0.2, -0.15) is 0 Å². The topological polar surface area (TPSA) is 95.4 Å². The summed E-state index contributed by atoms with van der Waals surface area (Å²) in [7, 11) is 0. The van der Waals surface area contributed by atoms with Crippen molar-refractivity contribution in [3.63, 3.8) is 0 Å². The lowest BCUT2D eigenvalue weighted by Crippen LogP contribution is -2.18. The van der Waals surface area contributed by atoms with Crippen LogP contribution in [0.3, 0.4) is 0 Å². The van der Waals surface area contributed by atoms with Crippen LogP contribution in [0.1, 0.15) is 34.1 Å². The largest absolute Gasteiger partial charge is 0.491 e. The summed E-state index contributed by atoms with van der Waals surface area (Å²) in [5.74, 6) is -0.819. The van der Waals surface area contributed by atoms with Crippen LogP contribution in [0.15, 0.2) is 42.5 Å². The van der Waals surface area contributed by atoms with Crippen molar-refractivity contribution in [2.24, 2.45) is 11.5 Å². The minimum atomic E-state index is -1.03. The molecule has 0 aliphatic carbocycles. The van der Waals surface area contributed by atoms with Crippen LogP contribution in [0.4, 0.5) is 4.39 Å². The van der Waals surface area contributed by atoms with Crippen LogP contribution in [-0.2, 0) is 0 Å². The zero-order valence-electron chi connectivity index (χ0n) is 13.3. The van der Waals surface area contributed by atoms with E-state index in [1.807, 2.05) is 0 Å². The van der Waals surface area contributed by atoms with E-state index in [4.69, 9.17) is 16.2 Å². The molecule has 0 heterocycles. The van der Waals surface area contributed by atoms with Gasteiger partial charge < -0.3 is 16.2 Å². The molecular formula is C18H19FN2O3. The van der Waals surface area contributed by atoms with Crippen molar-refractivity contribution in [3.05, 3.63) is 53.6 Å². The molecule has 2 aromatic rings. The van der Waals surface area contributed by atoms with Crippen LogP contribution >= 0.6 is 0 Å². The van der Waals surface area contributed by atoms with Crippen LogP contribution in [-0.4, -0.2) is 24.6 Å². The average Bonchev–Trinajstić information content (AvgIpc) is 2.59. The summed E-state index contributed by atoms with van der Waals surface area (Å²) in [4.78, 5) is 23.3. The maximum absolute atomic E-state index is 13.2. The number of hydrogen-bond acceptors (Lipinski definition) is 3. The van der Waals surface area contributed by atoms with E-state index in [9.17, 15) is 14.0 Å². The highest BCUT2D eigenvalue weighted by atomic mass is 19.1. The molecule has 2 rings (SSSR count). The van der Waals surface area contributed by atoms with E-state index in [1.54, 1.807) is 37.3 Å². The Morgan fingerprint density at radius 3 is 2.04 bits per heavy atom. The van der Waals surface area contributed by atoms with Crippen molar-refractivity contribution in [1.82, 2.24) is 0 Å². The van der Waals surface area contributed by atoms with Crippen molar-refractivity contribution in [2.45, 2.75) is 19.5 Å². The second-order valence-electron chi connectivity index (χ2n) is 5.30. The third-order valence-corrected chi connectivity index (χ3v) is 3.61. The first kappa shape index (κ1) is 17.5. The van der Waals surface area contributed by atoms with Crippen LogP contribution in [0.2, 0.25) is 0 Å². The second kappa shape index (κ2) is 7.59. The fourth-order valence-corrected chi connectivity index (χ4v) is 2.30. The summed E-state index contributed by atoms with van der Waals surface area (Å²) in [6, 6.07) is 11.2. The van der Waals surface area contributed by atoms with Gasteiger partial charge >= 0.3 is 0 Å². The minimum Gasteiger partial charge on any atom is -0.491 e. The fourth-order valence-electron chi connectivity index (χ4n) is 2.30. The molecule has 24 heavy (non-hydrogen) atoms. The first-order chi connectivity index (χ1) is 11.4. The maximum atomic E-state index is 13.2. The molecule has 1 atom stereocenters. The number of carbonyl (C=O) groups excluding carboxylic acids is 2. The minimum absolute atomic E-state index is 0.0275. The number of halogens is 1. The zero-order valence-corrected chi connectivity index (χ0v) is 13.3. The molecule has 0 spiro atoms. The summed E-state index contributed by atoms with van der Waals surface area (Å²) >= 11 is 0. The number of rotatable bonds is 7. The zero-order chi connectivity index (χ0) is 17.7. The molecule has 4 N–H and O–H groups in total. The third kappa shape index (κ3) is 3.90. The van der Waals surface area contributed by atoms with Gasteiger partial charge in [0.2, 0.25) is 11.8 Å². The van der Waals surface area contributed by atoms with Gasteiger partial charge in [0.25, 0.3) is 0 Å². The average molecular weight is 330 g/mol. The van der Waals surface area contributed by atoms with Gasteiger partial charge in [0.15, 0.2) is 0 Å². The summed E-state index contributed by atoms with van der Waals surface area (Å²) in [6.45, 7) is 1.71. The molecule has 2 aromatic carbocycles. The SMILES string of the molecule is CCC(F)COc1ccc(-c2c(C(N)=O)cccc2C(N)=O)cc1. The number of alkyl halides is 1. The molecular weight excluding hydrogens is 311 g/mol. The molecule has 5 nitrogen and oxygen atoms in total. The second-order valence-corrected chi connectivity index (χ2v) is 5.30. The molecule has 0 aliphatic heterocycles. The third-order valence-electron chi connectivity index (χ3n) is 3.61. The Morgan fingerprint density at radius 2 is 1.58 bits per heavy atom. The summed E-state index contributed by atoms with van der Waals surface area (Å²) in [6.07, 6.45) is -0.645. The van der Waals surface area contributed by atoms with E-state index in [0.717, 1.165) is 0 Å². The lowest BCUT2D eigenvalue weighted by atomic mass is 9.93. The molecule has 2 amide bonds. The number of amides is 2. The molecule has 0 saturated carbocycles. The molecule has 0 fully saturated rings. The Kier molecular flexibility index (Phi) is 5.52. The summed E-state index contributed by atoms with van der Waals surface area (Å²) < 4.78 is 18.6. The molecule has 126 valence electrons. The van der Waals surface area contributed by atoms with Gasteiger partial charge in [-0.15, -0.1) is 0 Å². The highest BCUT2D eigenvalue weighted by molar-refractivity contribution is 6.08. The first-order valence-electron chi connectivity index (χ1n) is 7.54. The highest BCUT2D eigenvalue weighted by Gasteiger charge is 2.17.